The van der Waals surface area contributed by atoms with E-state index < -0.39 is 11.4 Å². The number of carboxylic acid groups (broad SMARTS) is 1. The maximum absolute atomic E-state index is 12.9. The Balaban J connectivity index is 5.91. The number of hydrogen-bond donors (Lipinski definition) is 1. The second-order valence-corrected chi connectivity index (χ2v) is 9.25. The molecule has 0 aliphatic rings. The van der Waals surface area contributed by atoms with Crippen LogP contribution < -0.4 is 0 Å². The average molecular weight is 397 g/mol. The molecule has 0 amide bonds. The fourth-order valence-electron chi connectivity index (χ4n) is 5.24. The largest absolute Gasteiger partial charge is 0.481 e. The number of hydrogen-bond acceptors (Lipinski definition) is 1. The standard InChI is InChI=1S/C26H52O2/c1-6-11-16-17-18-21-25(19-12-7-2,20-13-8-3)26(24(27)28,22-14-9-4)23-15-10-5/h6-23H2,1-5H3,(H,27,28). The molecule has 0 radical (unpaired) electrons. The molecule has 0 aromatic carbocycles. The van der Waals surface area contributed by atoms with Crippen LogP contribution in [0.3, 0.4) is 0 Å². The molecule has 28 heavy (non-hydrogen) atoms. The Morgan fingerprint density at radius 2 is 0.893 bits per heavy atom. The van der Waals surface area contributed by atoms with Gasteiger partial charge in [0.1, 0.15) is 0 Å². The Hall–Kier alpha value is -0.530. The lowest BCUT2D eigenvalue weighted by atomic mass is 9.53. The van der Waals surface area contributed by atoms with Gasteiger partial charge in [-0.1, -0.05) is 118 Å². The quantitative estimate of drug-likeness (QED) is 0.208. The molecular formula is C26H52O2. The van der Waals surface area contributed by atoms with Crippen molar-refractivity contribution in [2.45, 2.75) is 150 Å². The monoisotopic (exact) mass is 396 g/mol. The first kappa shape index (κ1) is 27.5. The third-order valence-corrected chi connectivity index (χ3v) is 7.12. The Morgan fingerprint density at radius 3 is 1.29 bits per heavy atom. The van der Waals surface area contributed by atoms with Crippen LogP contribution in [0.1, 0.15) is 150 Å². The summed E-state index contributed by atoms with van der Waals surface area (Å²) in [5.41, 5.74) is -0.532. The zero-order chi connectivity index (χ0) is 21.3. The molecule has 0 rings (SSSR count). The second-order valence-electron chi connectivity index (χ2n) is 9.25. The van der Waals surface area contributed by atoms with Crippen molar-refractivity contribution >= 4 is 5.97 Å². The van der Waals surface area contributed by atoms with Crippen LogP contribution in [-0.2, 0) is 4.79 Å². The van der Waals surface area contributed by atoms with E-state index in [2.05, 4.69) is 34.6 Å². The maximum atomic E-state index is 12.9. The third kappa shape index (κ3) is 8.46. The molecule has 2 nitrogen and oxygen atoms in total. The predicted octanol–water partition coefficient (Wildman–Crippen LogP) is 9.17. The van der Waals surface area contributed by atoms with Crippen molar-refractivity contribution in [1.29, 1.82) is 0 Å². The summed E-state index contributed by atoms with van der Waals surface area (Å²) in [5, 5.41) is 10.7. The molecule has 0 fully saturated rings. The minimum atomic E-state index is -0.520. The highest BCUT2D eigenvalue weighted by molar-refractivity contribution is 5.76. The van der Waals surface area contributed by atoms with Gasteiger partial charge < -0.3 is 5.11 Å². The molecule has 0 bridgehead atoms. The fraction of sp³-hybridized carbons (Fsp3) is 0.962. The third-order valence-electron chi connectivity index (χ3n) is 7.12. The summed E-state index contributed by atoms with van der Waals surface area (Å²) < 4.78 is 0. The highest BCUT2D eigenvalue weighted by atomic mass is 16.4. The van der Waals surface area contributed by atoms with E-state index in [1.165, 1.54) is 57.8 Å². The van der Waals surface area contributed by atoms with Crippen LogP contribution in [-0.4, -0.2) is 11.1 Å². The minimum Gasteiger partial charge on any atom is -0.481 e. The first-order valence-electron chi connectivity index (χ1n) is 12.7. The lowest BCUT2D eigenvalue weighted by Gasteiger charge is -2.50. The SMILES string of the molecule is CCCCCCCC(CCCC)(CCCC)C(CCCC)(CCCC)C(=O)O. The summed E-state index contributed by atoms with van der Waals surface area (Å²) >= 11 is 0. The molecule has 1 N–H and O–H groups in total. The van der Waals surface area contributed by atoms with Gasteiger partial charge in [-0.05, 0) is 37.5 Å². The predicted molar refractivity (Wildman–Crippen MR) is 124 cm³/mol. The van der Waals surface area contributed by atoms with Crippen molar-refractivity contribution in [3.05, 3.63) is 0 Å². The van der Waals surface area contributed by atoms with E-state index in [1.54, 1.807) is 0 Å². The van der Waals surface area contributed by atoms with Crippen molar-refractivity contribution in [2.24, 2.45) is 10.8 Å². The van der Waals surface area contributed by atoms with E-state index in [9.17, 15) is 9.90 Å². The van der Waals surface area contributed by atoms with Crippen LogP contribution in [0.5, 0.6) is 0 Å². The zero-order valence-corrected chi connectivity index (χ0v) is 20.1. The summed E-state index contributed by atoms with van der Waals surface area (Å²) in [4.78, 5) is 12.9. The molecule has 0 aliphatic heterocycles. The molecule has 0 spiro atoms. The van der Waals surface area contributed by atoms with Gasteiger partial charge in [-0.25, -0.2) is 0 Å². The number of unbranched alkanes of at least 4 members (excludes halogenated alkanes) is 8. The molecule has 2 heteroatoms. The minimum absolute atomic E-state index is 0.0125. The molecule has 0 atom stereocenters. The number of carboxylic acids is 1. The zero-order valence-electron chi connectivity index (χ0n) is 20.1. The highest BCUT2D eigenvalue weighted by Crippen LogP contribution is 2.56. The van der Waals surface area contributed by atoms with E-state index in [0.717, 1.165) is 57.8 Å². The Morgan fingerprint density at radius 1 is 0.536 bits per heavy atom. The van der Waals surface area contributed by atoms with Gasteiger partial charge in [-0.15, -0.1) is 0 Å². The van der Waals surface area contributed by atoms with Crippen LogP contribution >= 0.6 is 0 Å². The number of aliphatic carboxylic acids is 1. The van der Waals surface area contributed by atoms with Crippen LogP contribution in [0.25, 0.3) is 0 Å². The first-order chi connectivity index (χ1) is 13.5. The topological polar surface area (TPSA) is 37.3 Å². The van der Waals surface area contributed by atoms with Crippen molar-refractivity contribution in [3.63, 3.8) is 0 Å². The van der Waals surface area contributed by atoms with Gasteiger partial charge in [0.15, 0.2) is 0 Å². The van der Waals surface area contributed by atoms with Crippen molar-refractivity contribution in [3.8, 4) is 0 Å². The van der Waals surface area contributed by atoms with Gasteiger partial charge in [-0.2, -0.15) is 0 Å². The van der Waals surface area contributed by atoms with E-state index in [1.807, 2.05) is 0 Å². The molecule has 0 aromatic rings. The van der Waals surface area contributed by atoms with Crippen LogP contribution in [0.2, 0.25) is 0 Å². The van der Waals surface area contributed by atoms with Crippen LogP contribution in [0.15, 0.2) is 0 Å². The molecule has 0 heterocycles. The number of rotatable bonds is 20. The second kappa shape index (κ2) is 16.3. The van der Waals surface area contributed by atoms with E-state index in [0.29, 0.717) is 0 Å². The van der Waals surface area contributed by atoms with Gasteiger partial charge in [0, 0.05) is 0 Å². The molecule has 0 saturated heterocycles. The van der Waals surface area contributed by atoms with E-state index in [4.69, 9.17) is 0 Å². The first-order valence-corrected chi connectivity index (χ1v) is 12.7. The lowest BCUT2D eigenvalue weighted by Crippen LogP contribution is -2.48. The highest BCUT2D eigenvalue weighted by Gasteiger charge is 2.53. The normalized spacial score (nSPS) is 12.5. The molecule has 0 aromatic heterocycles. The van der Waals surface area contributed by atoms with Crippen LogP contribution in [0, 0.1) is 10.8 Å². The summed E-state index contributed by atoms with van der Waals surface area (Å²) in [6, 6.07) is 0. The smallest absolute Gasteiger partial charge is 0.310 e. The van der Waals surface area contributed by atoms with Crippen LogP contribution in [0.4, 0.5) is 0 Å². The van der Waals surface area contributed by atoms with Gasteiger partial charge in [0.25, 0.3) is 0 Å². The molecule has 0 unspecified atom stereocenters. The number of carbonyl (C=O) groups is 1. The van der Waals surface area contributed by atoms with E-state index >= 15 is 0 Å². The molecule has 168 valence electrons. The molecule has 0 aliphatic carbocycles. The van der Waals surface area contributed by atoms with E-state index in [-0.39, 0.29) is 5.41 Å². The van der Waals surface area contributed by atoms with Gasteiger partial charge in [-0.3, -0.25) is 4.79 Å². The summed E-state index contributed by atoms with van der Waals surface area (Å²) in [6.45, 7) is 11.2. The Kier molecular flexibility index (Phi) is 16.0. The molecular weight excluding hydrogens is 344 g/mol. The summed E-state index contributed by atoms with van der Waals surface area (Å²) in [7, 11) is 0. The van der Waals surface area contributed by atoms with Gasteiger partial charge >= 0.3 is 5.97 Å². The maximum Gasteiger partial charge on any atom is 0.310 e. The Bertz CT molecular complexity index is 359. The van der Waals surface area contributed by atoms with Crippen molar-refractivity contribution < 1.29 is 9.90 Å². The Labute approximate surface area is 177 Å². The van der Waals surface area contributed by atoms with Crippen molar-refractivity contribution in [2.75, 3.05) is 0 Å². The van der Waals surface area contributed by atoms with Gasteiger partial charge in [0.05, 0.1) is 5.41 Å². The lowest BCUT2D eigenvalue weighted by molar-refractivity contribution is -0.164. The fourth-order valence-corrected chi connectivity index (χ4v) is 5.24. The summed E-state index contributed by atoms with van der Waals surface area (Å²) in [5.74, 6) is -0.491. The van der Waals surface area contributed by atoms with Crippen molar-refractivity contribution in [1.82, 2.24) is 0 Å². The molecule has 0 saturated carbocycles. The van der Waals surface area contributed by atoms with Gasteiger partial charge in [0.2, 0.25) is 0 Å². The summed E-state index contributed by atoms with van der Waals surface area (Å²) in [6.07, 6.45) is 20.4. The average Bonchev–Trinajstić information content (AvgIpc) is 2.69.